The van der Waals surface area contributed by atoms with Crippen molar-refractivity contribution in [2.24, 2.45) is 0 Å². The van der Waals surface area contributed by atoms with Crippen molar-refractivity contribution in [3.63, 3.8) is 0 Å². The molecule has 142 valence electrons. The molecule has 8 heteroatoms. The van der Waals surface area contributed by atoms with Crippen molar-refractivity contribution in [3.05, 3.63) is 53.4 Å². The van der Waals surface area contributed by atoms with Crippen LogP contribution in [0.25, 0.3) is 11.4 Å². The summed E-state index contributed by atoms with van der Waals surface area (Å²) < 4.78 is 38.9. The van der Waals surface area contributed by atoms with Crippen LogP contribution in [0.15, 0.2) is 45.8 Å². The highest BCUT2D eigenvalue weighted by atomic mass is 32.2. The van der Waals surface area contributed by atoms with Crippen molar-refractivity contribution in [2.75, 3.05) is 11.8 Å². The second kappa shape index (κ2) is 7.40. The van der Waals surface area contributed by atoms with E-state index in [0.29, 0.717) is 29.3 Å². The maximum Gasteiger partial charge on any atom is 0.261 e. The van der Waals surface area contributed by atoms with Crippen molar-refractivity contribution in [1.29, 1.82) is 0 Å². The van der Waals surface area contributed by atoms with Gasteiger partial charge in [0.1, 0.15) is 5.75 Å². The Morgan fingerprint density at radius 3 is 2.59 bits per heavy atom. The number of methoxy groups -OCH3 is 1. The van der Waals surface area contributed by atoms with Gasteiger partial charge in [-0.2, -0.15) is 4.98 Å². The van der Waals surface area contributed by atoms with Crippen LogP contribution in [-0.4, -0.2) is 25.7 Å². The van der Waals surface area contributed by atoms with Gasteiger partial charge in [0.25, 0.3) is 10.0 Å². The van der Waals surface area contributed by atoms with Gasteiger partial charge in [-0.1, -0.05) is 24.2 Å². The lowest BCUT2D eigenvalue weighted by Gasteiger charge is -2.13. The van der Waals surface area contributed by atoms with Gasteiger partial charge in [-0.05, 0) is 49.2 Å². The topological polar surface area (TPSA) is 94.3 Å². The van der Waals surface area contributed by atoms with Gasteiger partial charge in [0.05, 0.1) is 23.3 Å². The van der Waals surface area contributed by atoms with Crippen molar-refractivity contribution in [3.8, 4) is 17.1 Å². The van der Waals surface area contributed by atoms with E-state index in [1.165, 1.54) is 19.2 Å². The summed E-state index contributed by atoms with van der Waals surface area (Å²) in [7, 11) is -2.30. The third-order valence-corrected chi connectivity index (χ3v) is 5.49. The van der Waals surface area contributed by atoms with Crippen molar-refractivity contribution in [2.45, 2.75) is 32.1 Å². The number of benzene rings is 2. The summed E-state index contributed by atoms with van der Waals surface area (Å²) in [5, 5.41) is 3.92. The van der Waals surface area contributed by atoms with Crippen LogP contribution in [0.1, 0.15) is 23.9 Å². The first kappa shape index (κ1) is 18.9. The van der Waals surface area contributed by atoms with E-state index in [2.05, 4.69) is 14.9 Å². The van der Waals surface area contributed by atoms with Gasteiger partial charge in [-0.25, -0.2) is 8.42 Å². The second-order valence-corrected chi connectivity index (χ2v) is 7.83. The van der Waals surface area contributed by atoms with Gasteiger partial charge < -0.3 is 9.26 Å². The SMILES string of the molecule is CCc1nc(-c2cc(S(=O)(=O)Nc3cc(C)ccc3C)ccc2OC)no1. The molecule has 0 spiro atoms. The first-order valence-corrected chi connectivity index (χ1v) is 9.93. The van der Waals surface area contributed by atoms with Crippen LogP contribution in [0.2, 0.25) is 0 Å². The highest BCUT2D eigenvalue weighted by Gasteiger charge is 2.20. The fraction of sp³-hybridized carbons (Fsp3) is 0.263. The molecule has 0 aliphatic rings. The monoisotopic (exact) mass is 387 g/mol. The maximum atomic E-state index is 12.9. The lowest BCUT2D eigenvalue weighted by atomic mass is 10.1. The Bertz CT molecular complexity index is 1070. The minimum atomic E-state index is -3.80. The summed E-state index contributed by atoms with van der Waals surface area (Å²) in [5.74, 6) is 1.21. The summed E-state index contributed by atoms with van der Waals surface area (Å²) in [5.41, 5.74) is 2.79. The predicted molar refractivity (Wildman–Crippen MR) is 102 cm³/mol. The molecule has 2 aromatic carbocycles. The smallest absolute Gasteiger partial charge is 0.261 e. The Balaban J connectivity index is 2.03. The third-order valence-electron chi connectivity index (χ3n) is 4.13. The summed E-state index contributed by atoms with van der Waals surface area (Å²) in [6.45, 7) is 5.65. The van der Waals surface area contributed by atoms with Crippen LogP contribution in [-0.2, 0) is 16.4 Å². The van der Waals surface area contributed by atoms with Crippen LogP contribution < -0.4 is 9.46 Å². The molecule has 1 N–H and O–H groups in total. The van der Waals surface area contributed by atoms with E-state index < -0.39 is 10.0 Å². The largest absolute Gasteiger partial charge is 0.496 e. The minimum absolute atomic E-state index is 0.0852. The first-order chi connectivity index (χ1) is 12.8. The molecule has 0 radical (unpaired) electrons. The van der Waals surface area contributed by atoms with Crippen LogP contribution >= 0.6 is 0 Å². The number of hydrogen-bond donors (Lipinski definition) is 1. The van der Waals surface area contributed by atoms with E-state index in [1.54, 1.807) is 12.1 Å². The number of aromatic nitrogens is 2. The van der Waals surface area contributed by atoms with Gasteiger partial charge >= 0.3 is 0 Å². The summed E-state index contributed by atoms with van der Waals surface area (Å²) in [4.78, 5) is 4.35. The number of nitrogens with zero attached hydrogens (tertiary/aromatic N) is 2. The zero-order chi connectivity index (χ0) is 19.6. The summed E-state index contributed by atoms with van der Waals surface area (Å²) >= 11 is 0. The molecule has 0 bridgehead atoms. The molecule has 1 aromatic heterocycles. The van der Waals surface area contributed by atoms with Gasteiger partial charge in [-0.3, -0.25) is 4.72 Å². The lowest BCUT2D eigenvalue weighted by molar-refractivity contribution is 0.382. The Morgan fingerprint density at radius 2 is 1.93 bits per heavy atom. The normalized spacial score (nSPS) is 11.4. The third kappa shape index (κ3) is 3.95. The molecule has 0 aliphatic carbocycles. The maximum absolute atomic E-state index is 12.9. The molecule has 3 aromatic rings. The molecule has 3 rings (SSSR count). The van der Waals surface area contributed by atoms with E-state index in [1.807, 2.05) is 32.9 Å². The van der Waals surface area contributed by atoms with E-state index in [9.17, 15) is 8.42 Å². The molecule has 0 saturated carbocycles. The molecule has 0 aliphatic heterocycles. The van der Waals surface area contributed by atoms with Gasteiger partial charge in [0, 0.05) is 6.42 Å². The molecule has 27 heavy (non-hydrogen) atoms. The molecule has 0 atom stereocenters. The Hall–Kier alpha value is -2.87. The Kier molecular flexibility index (Phi) is 5.18. The fourth-order valence-electron chi connectivity index (χ4n) is 2.59. The van der Waals surface area contributed by atoms with E-state index in [0.717, 1.165) is 11.1 Å². The lowest BCUT2D eigenvalue weighted by Crippen LogP contribution is -2.14. The molecular formula is C19H21N3O4S. The van der Waals surface area contributed by atoms with Crippen LogP contribution in [0.3, 0.4) is 0 Å². The predicted octanol–water partition coefficient (Wildman–Crippen LogP) is 3.73. The van der Waals surface area contributed by atoms with E-state index >= 15 is 0 Å². The molecule has 0 fully saturated rings. The molecule has 0 amide bonds. The Morgan fingerprint density at radius 1 is 1.15 bits per heavy atom. The number of aryl methyl sites for hydroxylation is 3. The highest BCUT2D eigenvalue weighted by molar-refractivity contribution is 7.92. The standard InChI is InChI=1S/C19H21N3O4S/c1-5-18-20-19(21-26-18)15-11-14(8-9-17(15)25-4)27(23,24)22-16-10-12(2)6-7-13(16)3/h6-11,22H,5H2,1-4H3. The number of nitrogens with one attached hydrogen (secondary N) is 1. The number of ether oxygens (including phenoxy) is 1. The summed E-state index contributed by atoms with van der Waals surface area (Å²) in [6, 6.07) is 10.1. The molecular weight excluding hydrogens is 366 g/mol. The van der Waals surface area contributed by atoms with Crippen molar-refractivity contribution < 1.29 is 17.7 Å². The number of anilines is 1. The molecule has 0 unspecified atom stereocenters. The van der Waals surface area contributed by atoms with Crippen molar-refractivity contribution >= 4 is 15.7 Å². The van der Waals surface area contributed by atoms with Gasteiger partial charge in [0.2, 0.25) is 11.7 Å². The average Bonchev–Trinajstić information content (AvgIpc) is 3.13. The number of hydrogen-bond acceptors (Lipinski definition) is 6. The highest BCUT2D eigenvalue weighted by Crippen LogP contribution is 2.31. The van der Waals surface area contributed by atoms with Gasteiger partial charge in [0.15, 0.2) is 0 Å². The van der Waals surface area contributed by atoms with E-state index in [-0.39, 0.29) is 10.7 Å². The fourth-order valence-corrected chi connectivity index (χ4v) is 3.73. The molecule has 7 nitrogen and oxygen atoms in total. The van der Waals surface area contributed by atoms with Crippen molar-refractivity contribution in [1.82, 2.24) is 10.1 Å². The zero-order valence-corrected chi connectivity index (χ0v) is 16.4. The van der Waals surface area contributed by atoms with E-state index in [4.69, 9.17) is 9.26 Å². The quantitative estimate of drug-likeness (QED) is 0.693. The average molecular weight is 387 g/mol. The first-order valence-electron chi connectivity index (χ1n) is 8.45. The molecule has 1 heterocycles. The number of rotatable bonds is 6. The number of sulfonamides is 1. The van der Waals surface area contributed by atoms with Crippen LogP contribution in [0, 0.1) is 13.8 Å². The van der Waals surface area contributed by atoms with Gasteiger partial charge in [-0.15, -0.1) is 0 Å². The zero-order valence-electron chi connectivity index (χ0n) is 15.6. The van der Waals surface area contributed by atoms with Crippen LogP contribution in [0.4, 0.5) is 5.69 Å². The summed E-state index contributed by atoms with van der Waals surface area (Å²) in [6.07, 6.45) is 0.585. The Labute approximate surface area is 158 Å². The second-order valence-electron chi connectivity index (χ2n) is 6.15. The van der Waals surface area contributed by atoms with Crippen LogP contribution in [0.5, 0.6) is 5.75 Å². The minimum Gasteiger partial charge on any atom is -0.496 e. The molecule has 0 saturated heterocycles.